The Morgan fingerprint density at radius 3 is 2.42 bits per heavy atom. The molecule has 0 saturated carbocycles. The maximum Gasteiger partial charge on any atom is 0.389 e. The number of anilines is 1. The molecule has 0 unspecified atom stereocenters. The first kappa shape index (κ1) is 35.2. The van der Waals surface area contributed by atoms with Crippen molar-refractivity contribution in [1.29, 1.82) is 0 Å². The van der Waals surface area contributed by atoms with Gasteiger partial charge in [0.1, 0.15) is 11.6 Å². The minimum absolute atomic E-state index is 0.0351. The lowest BCUT2D eigenvalue weighted by molar-refractivity contribution is -0.136. The molecule has 1 aliphatic heterocycles. The number of amides is 1. The van der Waals surface area contributed by atoms with Gasteiger partial charge in [0, 0.05) is 23.2 Å². The number of para-hydroxylation sites is 1. The first-order chi connectivity index (χ1) is 23.9. The Kier molecular flexibility index (Phi) is 10.4. The third-order valence-corrected chi connectivity index (χ3v) is 9.75. The van der Waals surface area contributed by atoms with E-state index in [4.69, 9.17) is 32.9 Å². The molecule has 1 fully saturated rings. The zero-order valence-electron chi connectivity index (χ0n) is 26.2. The van der Waals surface area contributed by atoms with Gasteiger partial charge in [0.25, 0.3) is 5.91 Å². The molecule has 6 rings (SSSR count). The number of nitrogens with zero attached hydrogens (tertiary/aromatic N) is 3. The summed E-state index contributed by atoms with van der Waals surface area (Å²) in [5.74, 6) is 0.441. The van der Waals surface area contributed by atoms with Crippen LogP contribution in [-0.2, 0) is 21.5 Å². The van der Waals surface area contributed by atoms with Crippen LogP contribution in [0, 0.1) is 0 Å². The van der Waals surface area contributed by atoms with Crippen LogP contribution in [-0.4, -0.2) is 43.2 Å². The first-order valence-corrected chi connectivity index (χ1v) is 17.6. The topological polar surface area (TPSA) is 93.5 Å². The lowest BCUT2D eigenvalue weighted by Crippen LogP contribution is -2.32. The van der Waals surface area contributed by atoms with E-state index in [0.29, 0.717) is 38.4 Å². The van der Waals surface area contributed by atoms with Gasteiger partial charge in [-0.2, -0.15) is 30.6 Å². The molecule has 1 aliphatic rings. The fourth-order valence-corrected chi connectivity index (χ4v) is 7.13. The summed E-state index contributed by atoms with van der Waals surface area (Å²) in [5.41, 5.74) is 4.62. The molecule has 1 aromatic heterocycles. The van der Waals surface area contributed by atoms with Crippen LogP contribution in [0.5, 0.6) is 5.75 Å². The van der Waals surface area contributed by atoms with Crippen molar-refractivity contribution in [3.8, 4) is 28.1 Å². The van der Waals surface area contributed by atoms with Crippen LogP contribution < -0.4 is 13.8 Å². The maximum atomic E-state index is 12.7. The quantitative estimate of drug-likeness (QED) is 0.137. The molecule has 0 radical (unpaired) electrons. The van der Waals surface area contributed by atoms with Crippen molar-refractivity contribution in [2.75, 3.05) is 17.5 Å². The van der Waals surface area contributed by atoms with E-state index in [-0.39, 0.29) is 31.8 Å². The molecule has 4 aromatic carbocycles. The van der Waals surface area contributed by atoms with Crippen molar-refractivity contribution in [2.45, 2.75) is 25.6 Å². The summed E-state index contributed by atoms with van der Waals surface area (Å²) >= 11 is 12.7. The highest BCUT2D eigenvalue weighted by atomic mass is 35.5. The number of aromatic nitrogens is 2. The summed E-state index contributed by atoms with van der Waals surface area (Å²) in [7, 11) is -4.02. The number of hydrogen-bond donors (Lipinski definition) is 1. The molecule has 0 atom stereocenters. The van der Waals surface area contributed by atoms with Gasteiger partial charge in [0.2, 0.25) is 0 Å². The molecule has 2 heterocycles. The molecular formula is C36H29Cl2F3N4O4S. The molecule has 14 heteroatoms. The van der Waals surface area contributed by atoms with Crippen LogP contribution in [0.2, 0.25) is 10.0 Å². The Balaban J connectivity index is 1.26. The molecule has 0 aliphatic carbocycles. The van der Waals surface area contributed by atoms with Gasteiger partial charge in [-0.3, -0.25) is 4.79 Å². The van der Waals surface area contributed by atoms with Gasteiger partial charge < -0.3 is 9.30 Å². The highest BCUT2D eigenvalue weighted by Crippen LogP contribution is 2.32. The maximum absolute atomic E-state index is 12.7. The molecule has 5 aromatic rings. The van der Waals surface area contributed by atoms with E-state index in [1.807, 2.05) is 47.1 Å². The number of carbonyl (C=O) groups is 1. The zero-order chi connectivity index (χ0) is 35.5. The molecule has 1 amide bonds. The predicted molar refractivity (Wildman–Crippen MR) is 189 cm³/mol. The SMILES string of the molecule is O=C1CNS(=O)(=O)N1c1ccccc1Cn1cc(-c2ccc(Cl)cc2Cl)nc1C=Cc1ccc(-c2cccc(OCCCC(F)(F)F)c2)cc1. The number of nitrogens with one attached hydrogen (secondary N) is 1. The molecule has 1 N–H and O–H groups in total. The average molecular weight is 742 g/mol. The van der Waals surface area contributed by atoms with Crippen LogP contribution >= 0.6 is 23.2 Å². The molecule has 258 valence electrons. The highest BCUT2D eigenvalue weighted by molar-refractivity contribution is 7.92. The number of ether oxygens (including phenoxy) is 1. The number of rotatable bonds is 11. The molecular weight excluding hydrogens is 712 g/mol. The largest absolute Gasteiger partial charge is 0.494 e. The fourth-order valence-electron chi connectivity index (χ4n) is 5.42. The van der Waals surface area contributed by atoms with E-state index < -0.39 is 28.7 Å². The van der Waals surface area contributed by atoms with Crippen LogP contribution in [0.15, 0.2) is 97.2 Å². The lowest BCUT2D eigenvalue weighted by atomic mass is 10.0. The second-order valence-corrected chi connectivity index (χ2v) is 13.8. The number of hydrogen-bond acceptors (Lipinski definition) is 5. The third kappa shape index (κ3) is 8.39. The minimum Gasteiger partial charge on any atom is -0.494 e. The zero-order valence-corrected chi connectivity index (χ0v) is 28.5. The molecule has 0 spiro atoms. The Labute approximate surface area is 296 Å². The van der Waals surface area contributed by atoms with Crippen molar-refractivity contribution in [3.05, 3.63) is 124 Å². The van der Waals surface area contributed by atoms with Gasteiger partial charge in [0.05, 0.1) is 36.1 Å². The van der Waals surface area contributed by atoms with Gasteiger partial charge >= 0.3 is 16.4 Å². The summed E-state index contributed by atoms with van der Waals surface area (Å²) in [6.07, 6.45) is 0.265. The van der Waals surface area contributed by atoms with Gasteiger partial charge in [-0.05, 0) is 71.1 Å². The van der Waals surface area contributed by atoms with E-state index in [1.54, 1.807) is 66.9 Å². The number of alkyl halides is 3. The summed E-state index contributed by atoms with van der Waals surface area (Å²) in [5, 5.41) is 0.880. The molecule has 0 bridgehead atoms. The second kappa shape index (κ2) is 14.7. The van der Waals surface area contributed by atoms with E-state index in [9.17, 15) is 26.4 Å². The normalized spacial score (nSPS) is 14.5. The van der Waals surface area contributed by atoms with E-state index in [0.717, 1.165) is 21.0 Å². The summed E-state index contributed by atoms with van der Waals surface area (Å²) in [4.78, 5) is 17.4. The number of imidazole rings is 1. The van der Waals surface area contributed by atoms with Crippen molar-refractivity contribution in [3.63, 3.8) is 0 Å². The number of halogens is 5. The molecule has 50 heavy (non-hydrogen) atoms. The Hall–Kier alpha value is -4.62. The number of benzene rings is 4. The second-order valence-electron chi connectivity index (χ2n) is 11.4. The fraction of sp³-hybridized carbons (Fsp3) is 0.167. The lowest BCUT2D eigenvalue weighted by Gasteiger charge is -2.18. The minimum atomic E-state index is -4.21. The van der Waals surface area contributed by atoms with E-state index >= 15 is 0 Å². The monoisotopic (exact) mass is 740 g/mol. The summed E-state index contributed by atoms with van der Waals surface area (Å²) in [6.45, 7) is -0.175. The Morgan fingerprint density at radius 1 is 0.920 bits per heavy atom. The van der Waals surface area contributed by atoms with Crippen LogP contribution in [0.1, 0.15) is 29.8 Å². The number of carbonyl (C=O) groups excluding carboxylic acids is 1. The predicted octanol–water partition coefficient (Wildman–Crippen LogP) is 8.64. The Bertz CT molecular complexity index is 2170. The van der Waals surface area contributed by atoms with Crippen molar-refractivity contribution in [2.24, 2.45) is 0 Å². The van der Waals surface area contributed by atoms with Gasteiger partial charge in [-0.25, -0.2) is 4.98 Å². The first-order valence-electron chi connectivity index (χ1n) is 15.4. The third-order valence-electron chi connectivity index (χ3n) is 7.81. The van der Waals surface area contributed by atoms with Crippen LogP contribution in [0.3, 0.4) is 0 Å². The average Bonchev–Trinajstić information content (AvgIpc) is 3.60. The standard InChI is InChI=1S/C36H29Cl2F3N4O4S/c37-28-14-15-30(31(38)20-28)32-23-44(22-27-5-1-2-8-33(27)45-35(46)21-42-50(45,47)48)34(43-32)16-11-24-9-12-25(13-10-24)26-6-3-7-29(19-26)49-18-4-17-36(39,40)41/h1-3,5-16,19-20,23,42H,4,17-18,21-22H2. The van der Waals surface area contributed by atoms with E-state index in [1.165, 1.54) is 0 Å². The van der Waals surface area contributed by atoms with Gasteiger partial charge in [-0.1, -0.05) is 83.9 Å². The Morgan fingerprint density at radius 2 is 1.70 bits per heavy atom. The smallest absolute Gasteiger partial charge is 0.389 e. The van der Waals surface area contributed by atoms with Gasteiger partial charge in [-0.15, -0.1) is 0 Å². The van der Waals surface area contributed by atoms with Crippen molar-refractivity contribution < 1.29 is 31.1 Å². The van der Waals surface area contributed by atoms with E-state index in [2.05, 4.69) is 4.72 Å². The van der Waals surface area contributed by atoms with Crippen molar-refractivity contribution in [1.82, 2.24) is 14.3 Å². The van der Waals surface area contributed by atoms with Crippen LogP contribution in [0.4, 0.5) is 18.9 Å². The molecule has 8 nitrogen and oxygen atoms in total. The van der Waals surface area contributed by atoms with Crippen molar-refractivity contribution >= 4 is 57.2 Å². The van der Waals surface area contributed by atoms with Crippen LogP contribution in [0.25, 0.3) is 34.5 Å². The highest BCUT2D eigenvalue weighted by Gasteiger charge is 2.37. The molecule has 1 saturated heterocycles. The van der Waals surface area contributed by atoms with Gasteiger partial charge in [0.15, 0.2) is 0 Å². The summed E-state index contributed by atoms with van der Waals surface area (Å²) < 4.78 is 73.1. The summed E-state index contributed by atoms with van der Waals surface area (Å²) in [6, 6.07) is 26.7.